The molecule has 1 aliphatic heterocycles. The van der Waals surface area contributed by atoms with Gasteiger partial charge < -0.3 is 9.47 Å². The molecule has 0 aliphatic carbocycles. The highest BCUT2D eigenvalue weighted by Crippen LogP contribution is 2.22. The van der Waals surface area contributed by atoms with Gasteiger partial charge in [-0.1, -0.05) is 12.1 Å². The number of fused-ring (bicyclic) bond motifs is 1. The highest BCUT2D eigenvalue weighted by molar-refractivity contribution is 5.94. The van der Waals surface area contributed by atoms with Gasteiger partial charge in [-0.25, -0.2) is 9.97 Å². The van der Waals surface area contributed by atoms with Gasteiger partial charge in [0.15, 0.2) is 0 Å². The van der Waals surface area contributed by atoms with Gasteiger partial charge in [-0.2, -0.15) is 5.26 Å². The van der Waals surface area contributed by atoms with Crippen LogP contribution in [0.5, 0.6) is 0 Å². The zero-order chi connectivity index (χ0) is 17.9. The Balaban J connectivity index is 1.47. The number of carbonyl (C=O) groups is 1. The molecule has 1 amide bonds. The molecule has 6 nitrogen and oxygen atoms in total. The summed E-state index contributed by atoms with van der Waals surface area (Å²) in [5.41, 5.74) is 3.00. The van der Waals surface area contributed by atoms with Crippen LogP contribution in [-0.2, 0) is 6.54 Å². The number of hydrogen-bond donors (Lipinski definition) is 0. The van der Waals surface area contributed by atoms with Gasteiger partial charge in [-0.3, -0.25) is 4.79 Å². The first-order valence-corrected chi connectivity index (χ1v) is 8.80. The summed E-state index contributed by atoms with van der Waals surface area (Å²) in [6.07, 6.45) is 5.47. The van der Waals surface area contributed by atoms with Gasteiger partial charge in [-0.05, 0) is 43.0 Å². The number of hydrogen-bond acceptors (Lipinski definition) is 4. The maximum Gasteiger partial charge on any atom is 0.255 e. The molecule has 0 bridgehead atoms. The summed E-state index contributed by atoms with van der Waals surface area (Å²) < 4.78 is 2.18. The molecule has 130 valence electrons. The SMILES string of the molecule is N#Cc1ccc(C(=O)N2CCCC(Cn3cnc4ccccc43)C2)cn1. The van der Waals surface area contributed by atoms with Crippen LogP contribution in [0.2, 0.25) is 0 Å². The Morgan fingerprint density at radius 2 is 2.12 bits per heavy atom. The lowest BCUT2D eigenvalue weighted by Gasteiger charge is -2.33. The third-order valence-corrected chi connectivity index (χ3v) is 4.91. The smallest absolute Gasteiger partial charge is 0.255 e. The molecule has 1 aliphatic rings. The van der Waals surface area contributed by atoms with Crippen molar-refractivity contribution in [3.05, 3.63) is 60.2 Å². The molecule has 3 heterocycles. The molecule has 1 saturated heterocycles. The fraction of sp³-hybridized carbons (Fsp3) is 0.300. The zero-order valence-corrected chi connectivity index (χ0v) is 14.4. The average molecular weight is 345 g/mol. The second-order valence-electron chi connectivity index (χ2n) is 6.69. The van der Waals surface area contributed by atoms with E-state index in [0.717, 1.165) is 43.5 Å². The van der Waals surface area contributed by atoms with E-state index in [1.807, 2.05) is 35.5 Å². The number of nitrogens with zero attached hydrogens (tertiary/aromatic N) is 5. The molecule has 1 unspecified atom stereocenters. The summed E-state index contributed by atoms with van der Waals surface area (Å²) in [5, 5.41) is 8.83. The van der Waals surface area contributed by atoms with Gasteiger partial charge in [0.1, 0.15) is 11.8 Å². The normalized spacial score (nSPS) is 17.2. The molecule has 0 spiro atoms. The lowest BCUT2D eigenvalue weighted by molar-refractivity contribution is 0.0662. The maximum absolute atomic E-state index is 12.7. The van der Waals surface area contributed by atoms with E-state index in [-0.39, 0.29) is 5.91 Å². The molecule has 6 heteroatoms. The number of aromatic nitrogens is 3. The Kier molecular flexibility index (Phi) is 4.36. The van der Waals surface area contributed by atoms with Crippen LogP contribution in [-0.4, -0.2) is 38.4 Å². The molecule has 1 fully saturated rings. The highest BCUT2D eigenvalue weighted by Gasteiger charge is 2.25. The Morgan fingerprint density at radius 1 is 1.23 bits per heavy atom. The van der Waals surface area contributed by atoms with E-state index < -0.39 is 0 Å². The summed E-state index contributed by atoms with van der Waals surface area (Å²) >= 11 is 0. The Labute approximate surface area is 151 Å². The van der Waals surface area contributed by atoms with Crippen LogP contribution in [0.25, 0.3) is 11.0 Å². The van der Waals surface area contributed by atoms with E-state index in [9.17, 15) is 4.79 Å². The average Bonchev–Trinajstić information content (AvgIpc) is 3.11. The van der Waals surface area contributed by atoms with Crippen molar-refractivity contribution in [3.63, 3.8) is 0 Å². The van der Waals surface area contributed by atoms with E-state index in [1.165, 1.54) is 6.20 Å². The van der Waals surface area contributed by atoms with Crippen LogP contribution in [0.15, 0.2) is 48.9 Å². The zero-order valence-electron chi connectivity index (χ0n) is 14.4. The van der Waals surface area contributed by atoms with Crippen LogP contribution in [0.4, 0.5) is 0 Å². The number of amides is 1. The number of rotatable bonds is 3. The molecule has 2 aromatic heterocycles. The quantitative estimate of drug-likeness (QED) is 0.731. The number of para-hydroxylation sites is 2. The lowest BCUT2D eigenvalue weighted by atomic mass is 9.97. The van der Waals surface area contributed by atoms with E-state index >= 15 is 0 Å². The van der Waals surface area contributed by atoms with Crippen molar-refractivity contribution in [1.29, 1.82) is 5.26 Å². The van der Waals surface area contributed by atoms with Crippen LogP contribution < -0.4 is 0 Å². The van der Waals surface area contributed by atoms with Gasteiger partial charge in [-0.15, -0.1) is 0 Å². The molecular formula is C20H19N5O. The van der Waals surface area contributed by atoms with Gasteiger partial charge in [0.2, 0.25) is 0 Å². The molecular weight excluding hydrogens is 326 g/mol. The molecule has 0 radical (unpaired) electrons. The number of pyridine rings is 1. The van der Waals surface area contributed by atoms with Crippen molar-refractivity contribution in [2.45, 2.75) is 19.4 Å². The standard InChI is InChI=1S/C20H19N5O/c21-10-17-8-7-16(11-22-17)20(26)24-9-3-4-15(12-24)13-25-14-23-18-5-1-2-6-19(18)25/h1-2,5-8,11,14-15H,3-4,9,12-13H2. The maximum atomic E-state index is 12.7. The van der Waals surface area contributed by atoms with Crippen LogP contribution in [0.1, 0.15) is 28.9 Å². The second kappa shape index (κ2) is 6.96. The molecule has 4 rings (SSSR count). The third-order valence-electron chi connectivity index (χ3n) is 4.91. The van der Waals surface area contributed by atoms with Crippen molar-refractivity contribution in [3.8, 4) is 6.07 Å². The minimum absolute atomic E-state index is 0.0119. The fourth-order valence-corrected chi connectivity index (χ4v) is 3.60. The van der Waals surface area contributed by atoms with Gasteiger partial charge in [0.25, 0.3) is 5.91 Å². The predicted octanol–water partition coefficient (Wildman–Crippen LogP) is 2.86. The van der Waals surface area contributed by atoms with Gasteiger partial charge in [0.05, 0.1) is 22.9 Å². The fourth-order valence-electron chi connectivity index (χ4n) is 3.60. The van der Waals surface area contributed by atoms with Crippen molar-refractivity contribution in [1.82, 2.24) is 19.4 Å². The summed E-state index contributed by atoms with van der Waals surface area (Å²) in [6.45, 7) is 2.35. The predicted molar refractivity (Wildman–Crippen MR) is 97.3 cm³/mol. The first kappa shape index (κ1) is 16.3. The van der Waals surface area contributed by atoms with Crippen molar-refractivity contribution in [2.24, 2.45) is 5.92 Å². The Morgan fingerprint density at radius 3 is 2.92 bits per heavy atom. The number of likely N-dealkylation sites (tertiary alicyclic amines) is 1. The van der Waals surface area contributed by atoms with Crippen LogP contribution >= 0.6 is 0 Å². The highest BCUT2D eigenvalue weighted by atomic mass is 16.2. The molecule has 1 atom stereocenters. The van der Waals surface area contributed by atoms with Gasteiger partial charge >= 0.3 is 0 Å². The first-order valence-electron chi connectivity index (χ1n) is 8.80. The number of nitriles is 1. The number of imidazole rings is 1. The lowest BCUT2D eigenvalue weighted by Crippen LogP contribution is -2.41. The monoisotopic (exact) mass is 345 g/mol. The topological polar surface area (TPSA) is 74.8 Å². The molecule has 0 saturated carbocycles. The van der Waals surface area contributed by atoms with E-state index in [4.69, 9.17) is 5.26 Å². The Bertz CT molecular complexity index is 970. The van der Waals surface area contributed by atoms with Crippen molar-refractivity contribution in [2.75, 3.05) is 13.1 Å². The minimum atomic E-state index is -0.0119. The second-order valence-corrected chi connectivity index (χ2v) is 6.69. The summed E-state index contributed by atoms with van der Waals surface area (Å²) in [4.78, 5) is 23.1. The van der Waals surface area contributed by atoms with Crippen LogP contribution in [0, 0.1) is 17.2 Å². The summed E-state index contributed by atoms with van der Waals surface area (Å²) in [5.74, 6) is 0.388. The number of carbonyl (C=O) groups excluding carboxylic acids is 1. The number of benzene rings is 1. The summed E-state index contributed by atoms with van der Waals surface area (Å²) in [6, 6.07) is 13.4. The third kappa shape index (κ3) is 3.16. The Hall–Kier alpha value is -3.20. The van der Waals surface area contributed by atoms with E-state index in [2.05, 4.69) is 20.6 Å². The van der Waals surface area contributed by atoms with E-state index in [0.29, 0.717) is 17.2 Å². The first-order chi connectivity index (χ1) is 12.7. The van der Waals surface area contributed by atoms with E-state index in [1.54, 1.807) is 12.1 Å². The molecule has 26 heavy (non-hydrogen) atoms. The largest absolute Gasteiger partial charge is 0.338 e. The molecule has 1 aromatic carbocycles. The summed E-state index contributed by atoms with van der Waals surface area (Å²) in [7, 11) is 0. The van der Waals surface area contributed by atoms with Gasteiger partial charge in [0, 0.05) is 25.8 Å². The molecule has 3 aromatic rings. The molecule has 0 N–H and O–H groups in total. The van der Waals surface area contributed by atoms with Crippen molar-refractivity contribution < 1.29 is 4.79 Å². The van der Waals surface area contributed by atoms with Crippen molar-refractivity contribution >= 4 is 16.9 Å². The number of piperidine rings is 1. The van der Waals surface area contributed by atoms with Crippen LogP contribution in [0.3, 0.4) is 0 Å². The minimum Gasteiger partial charge on any atom is -0.338 e.